The molecule has 0 aliphatic rings. The summed E-state index contributed by atoms with van der Waals surface area (Å²) in [4.78, 5) is 10.4. The Hall–Kier alpha value is -3.00. The molecule has 0 fully saturated rings. The first-order valence-corrected chi connectivity index (χ1v) is 9.23. The van der Waals surface area contributed by atoms with Gasteiger partial charge in [0.1, 0.15) is 11.8 Å². The number of para-hydroxylation sites is 1. The van der Waals surface area contributed by atoms with Crippen molar-refractivity contribution in [1.29, 1.82) is 5.26 Å². The largest absolute Gasteiger partial charge is 0.449 e. The molecule has 0 aliphatic carbocycles. The fourth-order valence-electron chi connectivity index (χ4n) is 2.28. The van der Waals surface area contributed by atoms with Gasteiger partial charge in [-0.1, -0.05) is 12.1 Å². The Labute approximate surface area is 156 Å². The Morgan fingerprint density at radius 1 is 1.26 bits per heavy atom. The van der Waals surface area contributed by atoms with Gasteiger partial charge in [-0.05, 0) is 31.2 Å². The highest BCUT2D eigenvalue weighted by Gasteiger charge is 2.24. The number of benzene rings is 2. The molecule has 0 aromatic heterocycles. The maximum Gasteiger partial charge on any atom is 0.312 e. The number of nitro benzene ring substituents is 1. The van der Waals surface area contributed by atoms with E-state index in [0.717, 1.165) is 6.07 Å². The van der Waals surface area contributed by atoms with Crippen LogP contribution in [0.15, 0.2) is 47.4 Å². The molecular weight excluding hydrogens is 374 g/mol. The minimum absolute atomic E-state index is 0.130. The van der Waals surface area contributed by atoms with Crippen molar-refractivity contribution in [2.75, 3.05) is 13.7 Å². The number of ether oxygens (including phenoxy) is 2. The summed E-state index contributed by atoms with van der Waals surface area (Å²) in [5.74, 6) is -0.0443. The first-order valence-electron chi connectivity index (χ1n) is 7.75. The summed E-state index contributed by atoms with van der Waals surface area (Å²) in [6, 6.07) is 10.9. The fraction of sp³-hybridized carbons (Fsp3) is 0.235. The van der Waals surface area contributed by atoms with Crippen LogP contribution in [0.4, 0.5) is 5.69 Å². The second-order valence-corrected chi connectivity index (χ2v) is 7.29. The molecular formula is C17H17N3O6S. The normalized spacial score (nSPS) is 12.2. The highest BCUT2D eigenvalue weighted by molar-refractivity contribution is 7.89. The standard InChI is InChI=1S/C17H17N3O6S/c1-12(11-25-2)19-27(23,24)14-7-8-17(15(9-14)20(21)22)26-16-6-4-3-5-13(16)10-18/h3-9,12,19H,11H2,1-2H3/t12-/m0/s1. The number of nitriles is 1. The SMILES string of the molecule is COC[C@H](C)NS(=O)(=O)c1ccc(Oc2ccccc2C#N)c([N+](=O)[O-])c1. The van der Waals surface area contributed by atoms with Crippen LogP contribution in [-0.4, -0.2) is 33.1 Å². The van der Waals surface area contributed by atoms with Gasteiger partial charge >= 0.3 is 5.69 Å². The number of hydrogen-bond donors (Lipinski definition) is 1. The fourth-order valence-corrected chi connectivity index (χ4v) is 3.52. The number of sulfonamides is 1. The van der Waals surface area contributed by atoms with Crippen molar-refractivity contribution in [2.45, 2.75) is 17.9 Å². The number of nitrogens with zero attached hydrogens (tertiary/aromatic N) is 2. The van der Waals surface area contributed by atoms with Gasteiger partial charge in [0.05, 0.1) is 22.0 Å². The molecule has 2 aromatic rings. The van der Waals surface area contributed by atoms with Gasteiger partial charge in [-0.2, -0.15) is 5.26 Å². The van der Waals surface area contributed by atoms with E-state index in [2.05, 4.69) is 4.72 Å². The second kappa shape index (κ2) is 8.59. The van der Waals surface area contributed by atoms with Gasteiger partial charge in [0.15, 0.2) is 0 Å². The molecule has 142 valence electrons. The van der Waals surface area contributed by atoms with Gasteiger partial charge in [0.2, 0.25) is 15.8 Å². The molecule has 0 aliphatic heterocycles. The Balaban J connectivity index is 2.40. The van der Waals surface area contributed by atoms with Gasteiger partial charge in [0, 0.05) is 19.2 Å². The highest BCUT2D eigenvalue weighted by atomic mass is 32.2. The molecule has 0 amide bonds. The summed E-state index contributed by atoms with van der Waals surface area (Å²) in [5.41, 5.74) is -0.344. The average Bonchev–Trinajstić information content (AvgIpc) is 2.62. The molecule has 0 heterocycles. The summed E-state index contributed by atoms with van der Waals surface area (Å²) in [5, 5.41) is 20.5. The molecule has 10 heteroatoms. The maximum absolute atomic E-state index is 12.4. The number of nitro groups is 1. The lowest BCUT2D eigenvalue weighted by molar-refractivity contribution is -0.385. The number of nitrogens with one attached hydrogen (secondary N) is 1. The quantitative estimate of drug-likeness (QED) is 0.540. The molecule has 9 nitrogen and oxygen atoms in total. The summed E-state index contributed by atoms with van der Waals surface area (Å²) >= 11 is 0. The molecule has 1 atom stereocenters. The van der Waals surface area contributed by atoms with E-state index in [1.54, 1.807) is 19.1 Å². The molecule has 2 aromatic carbocycles. The van der Waals surface area contributed by atoms with E-state index in [-0.39, 0.29) is 28.6 Å². The lowest BCUT2D eigenvalue weighted by Gasteiger charge is -2.14. The first kappa shape index (κ1) is 20.3. The third kappa shape index (κ3) is 5.01. The zero-order chi connectivity index (χ0) is 20.0. The predicted molar refractivity (Wildman–Crippen MR) is 96.0 cm³/mol. The third-order valence-corrected chi connectivity index (χ3v) is 5.03. The van der Waals surface area contributed by atoms with Crippen LogP contribution in [0.5, 0.6) is 11.5 Å². The highest BCUT2D eigenvalue weighted by Crippen LogP contribution is 2.34. The molecule has 27 heavy (non-hydrogen) atoms. The van der Waals surface area contributed by atoms with Gasteiger partial charge in [0.25, 0.3) is 0 Å². The van der Waals surface area contributed by atoms with E-state index in [0.29, 0.717) is 0 Å². The zero-order valence-electron chi connectivity index (χ0n) is 14.6. The summed E-state index contributed by atoms with van der Waals surface area (Å²) < 4.78 is 37.5. The smallest absolute Gasteiger partial charge is 0.312 e. The number of hydrogen-bond acceptors (Lipinski definition) is 7. The third-order valence-electron chi connectivity index (χ3n) is 3.44. The molecule has 0 saturated carbocycles. The van der Waals surface area contributed by atoms with Crippen molar-refractivity contribution in [3.8, 4) is 17.6 Å². The Kier molecular flexibility index (Phi) is 6.46. The van der Waals surface area contributed by atoms with Crippen molar-refractivity contribution in [2.24, 2.45) is 0 Å². The van der Waals surface area contributed by atoms with Gasteiger partial charge in [-0.15, -0.1) is 0 Å². The summed E-state index contributed by atoms with van der Waals surface area (Å²) in [6.07, 6.45) is 0. The van der Waals surface area contributed by atoms with Gasteiger partial charge < -0.3 is 9.47 Å². The van der Waals surface area contributed by atoms with Crippen molar-refractivity contribution in [1.82, 2.24) is 4.72 Å². The van der Waals surface area contributed by atoms with E-state index in [1.165, 1.54) is 31.4 Å². The predicted octanol–water partition coefficient (Wildman–Crippen LogP) is 2.57. The lowest BCUT2D eigenvalue weighted by Crippen LogP contribution is -2.35. The van der Waals surface area contributed by atoms with E-state index < -0.39 is 26.7 Å². The van der Waals surface area contributed by atoms with E-state index >= 15 is 0 Å². The molecule has 0 unspecified atom stereocenters. The van der Waals surface area contributed by atoms with Crippen molar-refractivity contribution in [3.63, 3.8) is 0 Å². The minimum Gasteiger partial charge on any atom is -0.449 e. The second-order valence-electron chi connectivity index (χ2n) is 5.57. The van der Waals surface area contributed by atoms with Crippen molar-refractivity contribution < 1.29 is 22.8 Å². The Bertz CT molecular complexity index is 984. The number of rotatable bonds is 8. The van der Waals surface area contributed by atoms with E-state index in [4.69, 9.17) is 14.7 Å². The molecule has 0 radical (unpaired) electrons. The van der Waals surface area contributed by atoms with Gasteiger partial charge in [-0.25, -0.2) is 13.1 Å². The molecule has 0 spiro atoms. The summed E-state index contributed by atoms with van der Waals surface area (Å²) in [7, 11) is -2.55. The van der Waals surface area contributed by atoms with Crippen LogP contribution >= 0.6 is 0 Å². The average molecular weight is 391 g/mol. The number of methoxy groups -OCH3 is 1. The van der Waals surface area contributed by atoms with Crippen molar-refractivity contribution in [3.05, 3.63) is 58.1 Å². The van der Waals surface area contributed by atoms with Crippen LogP contribution in [0.3, 0.4) is 0 Å². The summed E-state index contributed by atoms with van der Waals surface area (Å²) in [6.45, 7) is 1.75. The van der Waals surface area contributed by atoms with E-state index in [1.807, 2.05) is 6.07 Å². The monoisotopic (exact) mass is 391 g/mol. The van der Waals surface area contributed by atoms with Crippen LogP contribution in [-0.2, 0) is 14.8 Å². The Morgan fingerprint density at radius 2 is 1.96 bits per heavy atom. The molecule has 0 saturated heterocycles. The molecule has 1 N–H and O–H groups in total. The van der Waals surface area contributed by atoms with E-state index in [9.17, 15) is 18.5 Å². The minimum atomic E-state index is -3.98. The van der Waals surface area contributed by atoms with Crippen molar-refractivity contribution >= 4 is 15.7 Å². The van der Waals surface area contributed by atoms with Gasteiger partial charge in [-0.3, -0.25) is 10.1 Å². The maximum atomic E-state index is 12.4. The van der Waals surface area contributed by atoms with Crippen LogP contribution in [0.1, 0.15) is 12.5 Å². The first-order chi connectivity index (χ1) is 12.8. The Morgan fingerprint density at radius 3 is 2.59 bits per heavy atom. The zero-order valence-corrected chi connectivity index (χ0v) is 15.4. The van der Waals surface area contributed by atoms with Crippen LogP contribution in [0, 0.1) is 21.4 Å². The topological polar surface area (TPSA) is 132 Å². The van der Waals surface area contributed by atoms with Crippen LogP contribution in [0.2, 0.25) is 0 Å². The molecule has 2 rings (SSSR count). The van der Waals surface area contributed by atoms with Crippen LogP contribution < -0.4 is 9.46 Å². The molecule has 0 bridgehead atoms. The van der Waals surface area contributed by atoms with Crippen LogP contribution in [0.25, 0.3) is 0 Å². The lowest BCUT2D eigenvalue weighted by atomic mass is 10.2.